The molecule has 0 spiro atoms. The number of hydrogen-bond acceptors (Lipinski definition) is 15. The average molecular weight is 879 g/mol. The van der Waals surface area contributed by atoms with Gasteiger partial charge < -0.3 is 64.2 Å². The van der Waals surface area contributed by atoms with Gasteiger partial charge in [0.15, 0.2) is 12.6 Å². The molecule has 2 aliphatic rings. The van der Waals surface area contributed by atoms with Crippen LogP contribution in [0.15, 0.2) is 0 Å². The van der Waals surface area contributed by atoms with Crippen molar-refractivity contribution < 1.29 is 73.8 Å². The van der Waals surface area contributed by atoms with Crippen LogP contribution in [0.1, 0.15) is 187 Å². The van der Waals surface area contributed by atoms with E-state index in [1.807, 2.05) is 0 Å². The monoisotopic (exact) mass is 879 g/mol. The number of aliphatic hydroxyl groups is 7. The Morgan fingerprint density at radius 3 is 1.38 bits per heavy atom. The highest BCUT2D eigenvalue weighted by Crippen LogP contribution is 2.30. The van der Waals surface area contributed by atoms with Crippen molar-refractivity contribution in [2.24, 2.45) is 0 Å². The Morgan fingerprint density at radius 1 is 0.492 bits per heavy atom. The quantitative estimate of drug-likeness (QED) is 0.0295. The zero-order chi connectivity index (χ0) is 44.7. The number of ether oxygens (including phenoxy) is 6. The second kappa shape index (κ2) is 34.8. The van der Waals surface area contributed by atoms with Crippen LogP contribution in [0, 0.1) is 0 Å². The number of hydrogen-bond donors (Lipinski definition) is 7. The fourth-order valence-corrected chi connectivity index (χ4v) is 7.83. The third-order valence-electron chi connectivity index (χ3n) is 11.8. The van der Waals surface area contributed by atoms with Gasteiger partial charge in [-0.2, -0.15) is 0 Å². The van der Waals surface area contributed by atoms with Gasteiger partial charge in [-0.3, -0.25) is 9.59 Å². The number of esters is 2. The number of carbonyl (C=O) groups excluding carboxylic acids is 2. The lowest BCUT2D eigenvalue weighted by Crippen LogP contribution is -2.65. The molecule has 2 aliphatic heterocycles. The van der Waals surface area contributed by atoms with Crippen molar-refractivity contribution in [2.45, 2.75) is 255 Å². The molecule has 11 atom stereocenters. The summed E-state index contributed by atoms with van der Waals surface area (Å²) in [6, 6.07) is 0. The minimum atomic E-state index is -1.83. The van der Waals surface area contributed by atoms with E-state index in [1.54, 1.807) is 0 Å². The highest BCUT2D eigenvalue weighted by molar-refractivity contribution is 5.69. The number of unbranched alkanes of at least 4 members (excludes halogenated alkanes) is 23. The van der Waals surface area contributed by atoms with E-state index >= 15 is 0 Å². The molecule has 0 aliphatic carbocycles. The molecule has 0 aromatic heterocycles. The molecule has 15 nitrogen and oxygen atoms in total. The molecule has 0 saturated carbocycles. The summed E-state index contributed by atoms with van der Waals surface area (Å²) in [6.45, 7) is 2.45. The average Bonchev–Trinajstić information content (AvgIpc) is 3.25. The highest BCUT2D eigenvalue weighted by Gasteiger charge is 2.51. The van der Waals surface area contributed by atoms with E-state index in [0.29, 0.717) is 12.8 Å². The SMILES string of the molecule is CCCCCCCCCCCCCCCC(=O)OCC(O)COC1OC(COC(=O)CCCCCCCCCCCCCC)C(O)C(OC2OC(CO)C(O)C(O)C2O)C1O. The Labute approximate surface area is 366 Å². The third-order valence-corrected chi connectivity index (χ3v) is 11.8. The molecule has 2 rings (SSSR count). The van der Waals surface area contributed by atoms with Gasteiger partial charge in [0.1, 0.15) is 68.1 Å². The largest absolute Gasteiger partial charge is 0.463 e. The number of rotatable bonds is 37. The maximum atomic E-state index is 12.7. The van der Waals surface area contributed by atoms with E-state index in [1.165, 1.54) is 109 Å². The van der Waals surface area contributed by atoms with Crippen LogP contribution in [0.25, 0.3) is 0 Å². The van der Waals surface area contributed by atoms with Gasteiger partial charge in [-0.25, -0.2) is 0 Å². The zero-order valence-corrected chi connectivity index (χ0v) is 37.7. The van der Waals surface area contributed by atoms with Gasteiger partial charge in [-0.15, -0.1) is 0 Å². The summed E-state index contributed by atoms with van der Waals surface area (Å²) < 4.78 is 33.3. The summed E-state index contributed by atoms with van der Waals surface area (Å²) in [5, 5.41) is 73.6. The third kappa shape index (κ3) is 23.8. The fourth-order valence-electron chi connectivity index (χ4n) is 7.83. The van der Waals surface area contributed by atoms with E-state index in [2.05, 4.69) is 13.8 Å². The van der Waals surface area contributed by atoms with Crippen LogP contribution in [-0.4, -0.2) is 142 Å². The van der Waals surface area contributed by atoms with Crippen molar-refractivity contribution in [3.63, 3.8) is 0 Å². The Balaban J connectivity index is 1.79. The predicted molar refractivity (Wildman–Crippen MR) is 229 cm³/mol. The molecule has 0 bridgehead atoms. The first-order valence-electron chi connectivity index (χ1n) is 24.1. The lowest BCUT2D eigenvalue weighted by atomic mass is 9.97. The predicted octanol–water partition coefficient (Wildman–Crippen LogP) is 5.65. The van der Waals surface area contributed by atoms with Crippen molar-refractivity contribution >= 4 is 11.9 Å². The van der Waals surface area contributed by atoms with E-state index in [4.69, 9.17) is 28.4 Å². The minimum Gasteiger partial charge on any atom is -0.463 e. The first-order chi connectivity index (χ1) is 29.5. The standard InChI is InChI=1S/C46H86O15/c1-3-5-7-9-11-13-15-17-19-21-22-24-26-28-37(49)56-31-34(48)32-58-45-43(55)44(61-46-42(54)41(53)39(51)35(30-47)59-46)40(52)36(60-45)33-57-38(50)29-27-25-23-20-18-16-14-12-10-8-6-4-2/h34-36,39-48,51-55H,3-33H2,1-2H3. The van der Waals surface area contributed by atoms with Crippen molar-refractivity contribution in [1.29, 1.82) is 0 Å². The van der Waals surface area contributed by atoms with Crippen LogP contribution >= 0.6 is 0 Å². The van der Waals surface area contributed by atoms with Crippen LogP contribution in [0.3, 0.4) is 0 Å². The number of aliphatic hydroxyl groups excluding tert-OH is 7. The molecule has 360 valence electrons. The summed E-state index contributed by atoms with van der Waals surface area (Å²) in [6.07, 6.45) is 12.1. The first kappa shape index (κ1) is 55.6. The lowest BCUT2D eigenvalue weighted by molar-refractivity contribution is -0.361. The van der Waals surface area contributed by atoms with Crippen molar-refractivity contribution in [1.82, 2.24) is 0 Å². The van der Waals surface area contributed by atoms with E-state index in [9.17, 15) is 45.3 Å². The van der Waals surface area contributed by atoms with Crippen molar-refractivity contribution in [2.75, 3.05) is 26.4 Å². The van der Waals surface area contributed by atoms with Gasteiger partial charge >= 0.3 is 11.9 Å². The second-order valence-electron chi connectivity index (χ2n) is 17.3. The summed E-state index contributed by atoms with van der Waals surface area (Å²) in [5.74, 6) is -0.952. The first-order valence-corrected chi connectivity index (χ1v) is 24.1. The lowest BCUT2D eigenvalue weighted by Gasteiger charge is -2.46. The summed E-state index contributed by atoms with van der Waals surface area (Å²) in [7, 11) is 0. The normalized spacial score (nSPS) is 27.2. The van der Waals surface area contributed by atoms with Gasteiger partial charge in [0.05, 0.1) is 13.2 Å². The molecule has 61 heavy (non-hydrogen) atoms. The smallest absolute Gasteiger partial charge is 0.305 e. The maximum Gasteiger partial charge on any atom is 0.305 e. The van der Waals surface area contributed by atoms with Gasteiger partial charge in [-0.05, 0) is 12.8 Å². The van der Waals surface area contributed by atoms with Crippen LogP contribution in [0.2, 0.25) is 0 Å². The maximum absolute atomic E-state index is 12.7. The summed E-state index contributed by atoms with van der Waals surface area (Å²) >= 11 is 0. The highest BCUT2D eigenvalue weighted by atomic mass is 16.7. The molecular weight excluding hydrogens is 792 g/mol. The fraction of sp³-hybridized carbons (Fsp3) is 0.957. The van der Waals surface area contributed by atoms with Crippen LogP contribution in [0.4, 0.5) is 0 Å². The molecule has 0 radical (unpaired) electrons. The molecule has 7 N–H and O–H groups in total. The topological polar surface area (TPSA) is 231 Å². The summed E-state index contributed by atoms with van der Waals surface area (Å²) in [4.78, 5) is 25.0. The van der Waals surface area contributed by atoms with Crippen molar-refractivity contribution in [3.8, 4) is 0 Å². The van der Waals surface area contributed by atoms with Crippen LogP contribution < -0.4 is 0 Å². The summed E-state index contributed by atoms with van der Waals surface area (Å²) in [5.41, 5.74) is 0. The van der Waals surface area contributed by atoms with E-state index in [-0.39, 0.29) is 19.4 Å². The second-order valence-corrected chi connectivity index (χ2v) is 17.3. The van der Waals surface area contributed by atoms with E-state index < -0.39 is 99.3 Å². The molecule has 15 heteroatoms. The molecule has 2 heterocycles. The molecule has 2 saturated heterocycles. The zero-order valence-electron chi connectivity index (χ0n) is 37.7. The molecule has 0 amide bonds. The van der Waals surface area contributed by atoms with Crippen LogP contribution in [0.5, 0.6) is 0 Å². The molecule has 0 aromatic carbocycles. The van der Waals surface area contributed by atoms with Gasteiger partial charge in [0, 0.05) is 12.8 Å². The Morgan fingerprint density at radius 2 is 0.918 bits per heavy atom. The number of carbonyl (C=O) groups is 2. The molecule has 0 aromatic rings. The van der Waals surface area contributed by atoms with Gasteiger partial charge in [-0.1, -0.05) is 162 Å². The molecule has 11 unspecified atom stereocenters. The molecular formula is C46H86O15. The van der Waals surface area contributed by atoms with Gasteiger partial charge in [0.25, 0.3) is 0 Å². The molecule has 2 fully saturated rings. The van der Waals surface area contributed by atoms with Crippen LogP contribution in [-0.2, 0) is 38.0 Å². The Bertz CT molecular complexity index is 1080. The van der Waals surface area contributed by atoms with Gasteiger partial charge in [0.2, 0.25) is 0 Å². The van der Waals surface area contributed by atoms with Crippen molar-refractivity contribution in [3.05, 3.63) is 0 Å². The Kier molecular flexibility index (Phi) is 31.8. The Hall–Kier alpha value is -1.50. The minimum absolute atomic E-state index is 0.165. The van der Waals surface area contributed by atoms with E-state index in [0.717, 1.165) is 38.5 Å².